The van der Waals surface area contributed by atoms with Crippen molar-refractivity contribution in [3.8, 4) is 11.5 Å². The number of methoxy groups -OCH3 is 2. The molecule has 2 aliphatic heterocycles. The van der Waals surface area contributed by atoms with Gasteiger partial charge in [-0.3, -0.25) is 19.4 Å². The Morgan fingerprint density at radius 2 is 1.43 bits per heavy atom. The third kappa shape index (κ3) is 8.19. The lowest BCUT2D eigenvalue weighted by Gasteiger charge is -2.36. The summed E-state index contributed by atoms with van der Waals surface area (Å²) in [5.74, 6) is 0.507. The number of amides is 2. The van der Waals surface area contributed by atoms with Crippen LogP contribution in [0.25, 0.3) is 0 Å². The van der Waals surface area contributed by atoms with Crippen LogP contribution < -0.4 is 24.6 Å². The Morgan fingerprint density at radius 3 is 2.02 bits per heavy atom. The number of nitrogens with zero attached hydrogens (tertiary/aromatic N) is 4. The van der Waals surface area contributed by atoms with Crippen LogP contribution in [0.15, 0.2) is 72.8 Å². The fourth-order valence-corrected chi connectivity index (χ4v) is 6.25. The normalized spacial score (nSPS) is 16.7. The van der Waals surface area contributed by atoms with Crippen LogP contribution in [0.5, 0.6) is 11.5 Å². The van der Waals surface area contributed by atoms with Crippen molar-refractivity contribution in [1.29, 1.82) is 0 Å². The largest absolute Gasteiger partial charge is 0.497 e. The summed E-state index contributed by atoms with van der Waals surface area (Å²) in [6, 6.07) is 21.0. The zero-order chi connectivity index (χ0) is 33.3. The third-order valence-corrected chi connectivity index (χ3v) is 8.81. The predicted molar refractivity (Wildman–Crippen MR) is 185 cm³/mol. The zero-order valence-corrected chi connectivity index (χ0v) is 27.8. The van der Waals surface area contributed by atoms with Crippen molar-refractivity contribution in [2.75, 3.05) is 75.2 Å². The molecule has 0 unspecified atom stereocenters. The molecule has 47 heavy (non-hydrogen) atoms. The van der Waals surface area contributed by atoms with Crippen molar-refractivity contribution >= 4 is 52.2 Å². The molecule has 2 heterocycles. The van der Waals surface area contributed by atoms with Gasteiger partial charge < -0.3 is 29.3 Å². The standard InChI is InChI=1S/C35H41N5O6S/c1-4-46-34(43)25-6-10-28(11-7-25)40-33(42)31(24-32(41)36-26-8-14-29(44-2)15-9-26)39(35(40)47)19-5-18-37-20-22-38(23-21-37)27-12-16-30(45-3)17-13-27/h6-17,31H,4-5,18-24H2,1-3H3,(H,36,41)/t31-/m0/s1. The summed E-state index contributed by atoms with van der Waals surface area (Å²) < 4.78 is 15.6. The first-order chi connectivity index (χ1) is 22.8. The molecule has 0 aromatic heterocycles. The molecule has 0 saturated carbocycles. The second-order valence-corrected chi connectivity index (χ2v) is 11.7. The Labute approximate surface area is 281 Å². The number of thiocarbonyl (C=S) groups is 1. The van der Waals surface area contributed by atoms with Crippen molar-refractivity contribution in [3.63, 3.8) is 0 Å². The van der Waals surface area contributed by atoms with E-state index in [9.17, 15) is 14.4 Å². The fourth-order valence-electron chi connectivity index (χ4n) is 5.84. The van der Waals surface area contributed by atoms with Gasteiger partial charge in [0.2, 0.25) is 5.91 Å². The van der Waals surface area contributed by atoms with Crippen LogP contribution in [0.2, 0.25) is 0 Å². The van der Waals surface area contributed by atoms with Crippen LogP contribution in [0.3, 0.4) is 0 Å². The van der Waals surface area contributed by atoms with E-state index in [0.717, 1.165) is 44.9 Å². The van der Waals surface area contributed by atoms with Gasteiger partial charge in [-0.15, -0.1) is 0 Å². The lowest BCUT2D eigenvalue weighted by atomic mass is 10.1. The van der Waals surface area contributed by atoms with Crippen molar-refractivity contribution in [1.82, 2.24) is 9.80 Å². The molecular weight excluding hydrogens is 618 g/mol. The van der Waals surface area contributed by atoms with E-state index in [2.05, 4.69) is 27.2 Å². The van der Waals surface area contributed by atoms with Gasteiger partial charge in [0, 0.05) is 44.1 Å². The van der Waals surface area contributed by atoms with E-state index in [1.165, 1.54) is 10.6 Å². The molecule has 2 aliphatic rings. The van der Waals surface area contributed by atoms with Gasteiger partial charge in [-0.25, -0.2) is 4.79 Å². The van der Waals surface area contributed by atoms with Gasteiger partial charge in [0.25, 0.3) is 5.91 Å². The molecule has 11 nitrogen and oxygen atoms in total. The molecule has 2 saturated heterocycles. The minimum absolute atomic E-state index is 0.0665. The fraction of sp³-hybridized carbons (Fsp3) is 0.371. The second kappa shape index (κ2) is 15.7. The quantitative estimate of drug-likeness (QED) is 0.210. The van der Waals surface area contributed by atoms with Crippen LogP contribution in [0.1, 0.15) is 30.1 Å². The number of anilines is 3. The first kappa shape index (κ1) is 33.7. The molecule has 1 N–H and O–H groups in total. The number of rotatable bonds is 13. The van der Waals surface area contributed by atoms with E-state index in [1.807, 2.05) is 17.0 Å². The highest BCUT2D eigenvalue weighted by molar-refractivity contribution is 7.80. The Kier molecular flexibility index (Phi) is 11.3. The van der Waals surface area contributed by atoms with Crippen LogP contribution >= 0.6 is 12.2 Å². The van der Waals surface area contributed by atoms with E-state index in [4.69, 9.17) is 26.4 Å². The van der Waals surface area contributed by atoms with Crippen LogP contribution in [-0.4, -0.2) is 98.8 Å². The summed E-state index contributed by atoms with van der Waals surface area (Å²) in [6.07, 6.45) is 0.700. The Morgan fingerprint density at radius 1 is 0.830 bits per heavy atom. The summed E-state index contributed by atoms with van der Waals surface area (Å²) in [5.41, 5.74) is 2.70. The number of hydrogen-bond acceptors (Lipinski definition) is 9. The molecule has 0 spiro atoms. The molecule has 0 radical (unpaired) electrons. The SMILES string of the molecule is CCOC(=O)c1ccc(N2C(=O)[C@H](CC(=O)Nc3ccc(OC)cc3)N(CCCN3CCN(c4ccc(OC)cc4)CC3)C2=S)cc1. The van der Waals surface area contributed by atoms with Crippen LogP contribution in [0, 0.1) is 0 Å². The van der Waals surface area contributed by atoms with E-state index in [-0.39, 0.29) is 24.8 Å². The maximum Gasteiger partial charge on any atom is 0.338 e. The van der Waals surface area contributed by atoms with Gasteiger partial charge in [0.15, 0.2) is 5.11 Å². The zero-order valence-electron chi connectivity index (χ0n) is 27.0. The summed E-state index contributed by atoms with van der Waals surface area (Å²) in [5, 5.41) is 3.23. The summed E-state index contributed by atoms with van der Waals surface area (Å²) in [7, 11) is 3.25. The number of ether oxygens (including phenoxy) is 3. The lowest BCUT2D eigenvalue weighted by molar-refractivity contribution is -0.124. The number of carbonyl (C=O) groups is 3. The molecule has 3 aromatic carbocycles. The maximum absolute atomic E-state index is 13.9. The van der Waals surface area contributed by atoms with Gasteiger partial charge >= 0.3 is 5.97 Å². The van der Waals surface area contributed by atoms with Gasteiger partial charge in [-0.1, -0.05) is 0 Å². The topological polar surface area (TPSA) is 104 Å². The molecule has 2 fully saturated rings. The minimum Gasteiger partial charge on any atom is -0.497 e. The summed E-state index contributed by atoms with van der Waals surface area (Å²) >= 11 is 5.86. The third-order valence-electron chi connectivity index (χ3n) is 8.39. The maximum atomic E-state index is 13.9. The Bertz CT molecular complexity index is 1540. The highest BCUT2D eigenvalue weighted by Crippen LogP contribution is 2.29. The van der Waals surface area contributed by atoms with Crippen molar-refractivity contribution < 1.29 is 28.6 Å². The molecule has 248 valence electrons. The average Bonchev–Trinajstić information content (AvgIpc) is 3.32. The molecular formula is C35H41N5O6S. The highest BCUT2D eigenvalue weighted by atomic mass is 32.1. The number of esters is 1. The number of benzene rings is 3. The molecule has 2 amide bonds. The lowest BCUT2D eigenvalue weighted by Crippen LogP contribution is -2.47. The second-order valence-electron chi connectivity index (χ2n) is 11.3. The van der Waals surface area contributed by atoms with Crippen molar-refractivity contribution in [3.05, 3.63) is 78.4 Å². The number of nitrogens with one attached hydrogen (secondary N) is 1. The summed E-state index contributed by atoms with van der Waals surface area (Å²) in [4.78, 5) is 47.4. The number of hydrogen-bond donors (Lipinski definition) is 1. The van der Waals surface area contributed by atoms with Gasteiger partial charge in [-0.05, 0) is 105 Å². The number of carbonyl (C=O) groups excluding carboxylic acids is 3. The first-order valence-corrected chi connectivity index (χ1v) is 16.2. The molecule has 3 aromatic rings. The van der Waals surface area contributed by atoms with E-state index >= 15 is 0 Å². The van der Waals surface area contributed by atoms with E-state index in [0.29, 0.717) is 34.3 Å². The molecule has 0 aliphatic carbocycles. The predicted octanol–water partition coefficient (Wildman–Crippen LogP) is 4.42. The number of piperazine rings is 1. The van der Waals surface area contributed by atoms with Crippen LogP contribution in [0.4, 0.5) is 17.1 Å². The van der Waals surface area contributed by atoms with Gasteiger partial charge in [0.05, 0.1) is 38.5 Å². The van der Waals surface area contributed by atoms with E-state index < -0.39 is 12.0 Å². The smallest absolute Gasteiger partial charge is 0.338 e. The van der Waals surface area contributed by atoms with Gasteiger partial charge in [0.1, 0.15) is 17.5 Å². The van der Waals surface area contributed by atoms with Crippen molar-refractivity contribution in [2.24, 2.45) is 0 Å². The molecule has 5 rings (SSSR count). The monoisotopic (exact) mass is 659 g/mol. The first-order valence-electron chi connectivity index (χ1n) is 15.8. The van der Waals surface area contributed by atoms with Gasteiger partial charge in [-0.2, -0.15) is 0 Å². The average molecular weight is 660 g/mol. The Hall–Kier alpha value is -4.68. The van der Waals surface area contributed by atoms with Crippen LogP contribution in [-0.2, 0) is 14.3 Å². The molecule has 1 atom stereocenters. The highest BCUT2D eigenvalue weighted by Gasteiger charge is 2.44. The minimum atomic E-state index is -0.766. The Balaban J connectivity index is 1.23. The van der Waals surface area contributed by atoms with E-state index in [1.54, 1.807) is 69.7 Å². The molecule has 12 heteroatoms. The molecule has 0 bridgehead atoms. The van der Waals surface area contributed by atoms with Crippen molar-refractivity contribution in [2.45, 2.75) is 25.8 Å². The summed E-state index contributed by atoms with van der Waals surface area (Å²) in [6.45, 7) is 7.03.